The van der Waals surface area contributed by atoms with Crippen molar-refractivity contribution in [3.05, 3.63) is 60.2 Å². The Bertz CT molecular complexity index is 623. The normalized spacial score (nSPS) is 20.5. The fraction of sp³-hybridized carbons (Fsp3) is 0.577. The van der Waals surface area contributed by atoms with E-state index in [4.69, 9.17) is 4.74 Å². The molecule has 0 spiro atoms. The summed E-state index contributed by atoms with van der Waals surface area (Å²) in [5.74, 6) is 1.59. The van der Waals surface area contributed by atoms with Gasteiger partial charge in [0.2, 0.25) is 5.91 Å². The monoisotopic (exact) mass is 397 g/mol. The van der Waals surface area contributed by atoms with Gasteiger partial charge in [0.15, 0.2) is 0 Å². The number of ether oxygens (including phenoxy) is 1. The van der Waals surface area contributed by atoms with E-state index in [9.17, 15) is 4.79 Å². The van der Waals surface area contributed by atoms with Crippen molar-refractivity contribution >= 4 is 5.91 Å². The quantitative estimate of drug-likeness (QED) is 0.334. The van der Waals surface area contributed by atoms with E-state index < -0.39 is 0 Å². The van der Waals surface area contributed by atoms with Crippen molar-refractivity contribution in [2.24, 2.45) is 11.8 Å². The molecule has 1 amide bonds. The molecule has 29 heavy (non-hydrogen) atoms. The molecule has 3 nitrogen and oxygen atoms in total. The van der Waals surface area contributed by atoms with E-state index in [1.807, 2.05) is 14.0 Å². The van der Waals surface area contributed by atoms with E-state index in [0.29, 0.717) is 12.3 Å². The van der Waals surface area contributed by atoms with E-state index in [1.165, 1.54) is 24.8 Å². The Kier molecular flexibility index (Phi) is 11.4. The van der Waals surface area contributed by atoms with Gasteiger partial charge in [0.05, 0.1) is 6.10 Å². The fourth-order valence-electron chi connectivity index (χ4n) is 4.18. The zero-order valence-electron chi connectivity index (χ0n) is 18.3. The number of rotatable bonds is 13. The van der Waals surface area contributed by atoms with Crippen LogP contribution in [0.2, 0.25) is 0 Å². The van der Waals surface area contributed by atoms with Crippen LogP contribution in [-0.2, 0) is 16.0 Å². The van der Waals surface area contributed by atoms with Crippen LogP contribution >= 0.6 is 0 Å². The number of methoxy groups -OCH3 is 1. The number of hydrogen-bond donors (Lipinski definition) is 1. The third-order valence-corrected chi connectivity index (χ3v) is 5.91. The Labute approximate surface area is 177 Å². The van der Waals surface area contributed by atoms with Crippen LogP contribution in [0.15, 0.2) is 54.6 Å². The van der Waals surface area contributed by atoms with Gasteiger partial charge in [-0.25, -0.2) is 0 Å². The Hall–Kier alpha value is -1.87. The van der Waals surface area contributed by atoms with Crippen LogP contribution in [0.3, 0.4) is 0 Å². The predicted molar refractivity (Wildman–Crippen MR) is 122 cm³/mol. The maximum Gasteiger partial charge on any atom is 0.219 e. The molecule has 0 aromatic heterocycles. The molecule has 0 aliphatic heterocycles. The van der Waals surface area contributed by atoms with Crippen LogP contribution in [0.4, 0.5) is 0 Å². The first-order chi connectivity index (χ1) is 14.2. The van der Waals surface area contributed by atoms with Gasteiger partial charge in [0, 0.05) is 20.1 Å². The van der Waals surface area contributed by atoms with Crippen LogP contribution in [0.1, 0.15) is 63.9 Å². The lowest BCUT2D eigenvalue weighted by Crippen LogP contribution is -2.21. The van der Waals surface area contributed by atoms with Crippen molar-refractivity contribution in [2.45, 2.75) is 70.8 Å². The molecule has 1 aliphatic carbocycles. The maximum atomic E-state index is 11.5. The largest absolute Gasteiger partial charge is 0.377 e. The number of carbonyl (C=O) groups excluding carboxylic acids is 1. The van der Waals surface area contributed by atoms with Crippen molar-refractivity contribution < 1.29 is 9.53 Å². The molecular weight excluding hydrogens is 358 g/mol. The Morgan fingerprint density at radius 1 is 1.24 bits per heavy atom. The van der Waals surface area contributed by atoms with Gasteiger partial charge in [-0.1, -0.05) is 61.1 Å². The molecule has 3 atom stereocenters. The molecule has 1 fully saturated rings. The van der Waals surface area contributed by atoms with Crippen molar-refractivity contribution in [2.75, 3.05) is 13.7 Å². The molecule has 1 aromatic rings. The highest BCUT2D eigenvalue weighted by atomic mass is 16.5. The zero-order chi connectivity index (χ0) is 20.7. The lowest BCUT2D eigenvalue weighted by atomic mass is 9.91. The number of allylic oxidation sites excluding steroid dienone is 3. The molecule has 1 aliphatic rings. The summed E-state index contributed by atoms with van der Waals surface area (Å²) in [7, 11) is 1.82. The van der Waals surface area contributed by atoms with Crippen molar-refractivity contribution in [3.63, 3.8) is 0 Å². The van der Waals surface area contributed by atoms with Crippen molar-refractivity contribution in [1.82, 2.24) is 5.32 Å². The van der Waals surface area contributed by atoms with E-state index in [1.54, 1.807) is 0 Å². The van der Waals surface area contributed by atoms with Gasteiger partial charge in [0.25, 0.3) is 0 Å². The van der Waals surface area contributed by atoms with Crippen LogP contribution < -0.4 is 5.32 Å². The molecule has 1 unspecified atom stereocenters. The summed E-state index contributed by atoms with van der Waals surface area (Å²) in [6.45, 7) is 2.68. The van der Waals surface area contributed by atoms with Gasteiger partial charge in [-0.2, -0.15) is 0 Å². The fourth-order valence-corrected chi connectivity index (χ4v) is 4.18. The first-order valence-corrected chi connectivity index (χ1v) is 11.4. The van der Waals surface area contributed by atoms with E-state index in [-0.39, 0.29) is 12.0 Å². The van der Waals surface area contributed by atoms with E-state index in [0.717, 1.165) is 44.6 Å². The molecule has 0 heterocycles. The molecule has 160 valence electrons. The van der Waals surface area contributed by atoms with Gasteiger partial charge < -0.3 is 10.1 Å². The maximum absolute atomic E-state index is 11.5. The van der Waals surface area contributed by atoms with Gasteiger partial charge in [-0.05, 0) is 69.3 Å². The number of nitrogens with one attached hydrogen (secondary N) is 1. The van der Waals surface area contributed by atoms with Gasteiger partial charge >= 0.3 is 0 Å². The van der Waals surface area contributed by atoms with Crippen LogP contribution in [0.25, 0.3) is 0 Å². The third kappa shape index (κ3) is 9.45. The zero-order valence-corrected chi connectivity index (χ0v) is 18.3. The summed E-state index contributed by atoms with van der Waals surface area (Å²) in [4.78, 5) is 11.5. The lowest BCUT2D eigenvalue weighted by Gasteiger charge is -2.16. The van der Waals surface area contributed by atoms with Gasteiger partial charge in [-0.3, -0.25) is 4.79 Å². The summed E-state index contributed by atoms with van der Waals surface area (Å²) >= 11 is 0. The summed E-state index contributed by atoms with van der Waals surface area (Å²) < 4.78 is 5.70. The highest BCUT2D eigenvalue weighted by Crippen LogP contribution is 2.35. The second kappa shape index (κ2) is 14.2. The predicted octanol–water partition coefficient (Wildman–Crippen LogP) is 5.86. The minimum Gasteiger partial charge on any atom is -0.377 e. The van der Waals surface area contributed by atoms with E-state index in [2.05, 4.69) is 60.0 Å². The Morgan fingerprint density at radius 3 is 2.83 bits per heavy atom. The van der Waals surface area contributed by atoms with Gasteiger partial charge in [0.1, 0.15) is 0 Å². The Balaban J connectivity index is 1.70. The summed E-state index contributed by atoms with van der Waals surface area (Å²) in [6, 6.07) is 10.6. The number of amides is 1. The second-order valence-corrected chi connectivity index (χ2v) is 8.09. The third-order valence-electron chi connectivity index (χ3n) is 5.91. The topological polar surface area (TPSA) is 38.3 Å². The summed E-state index contributed by atoms with van der Waals surface area (Å²) in [5, 5.41) is 2.85. The first-order valence-electron chi connectivity index (χ1n) is 11.4. The molecule has 1 aromatic carbocycles. The van der Waals surface area contributed by atoms with Gasteiger partial charge in [-0.15, -0.1) is 0 Å². The molecule has 0 bridgehead atoms. The molecule has 1 N–H and O–H groups in total. The first kappa shape index (κ1) is 23.4. The van der Waals surface area contributed by atoms with E-state index >= 15 is 0 Å². The standard InChI is InChI=1S/C26H39NO2/c1-3-27-26(28)17-10-5-4-9-14-23-15-11-16-24(23)19-21-25(29-2)20-18-22-12-7-6-8-13-22/h4,6-9,12-13,19,21,23-25H,3,5,10-11,14-18,20H2,1-2H3,(H,27,28)/b9-4-,21-19+/t23-,24?,25-/m0/s1. The van der Waals surface area contributed by atoms with Crippen molar-refractivity contribution in [1.29, 1.82) is 0 Å². The highest BCUT2D eigenvalue weighted by Gasteiger charge is 2.24. The molecule has 0 saturated heterocycles. The number of carbonyl (C=O) groups is 1. The molecule has 2 rings (SSSR count). The molecule has 0 radical (unpaired) electrons. The molecular formula is C26H39NO2. The number of unbranched alkanes of at least 4 members (excludes halogenated alkanes) is 1. The van der Waals surface area contributed by atoms with Crippen LogP contribution in [0, 0.1) is 11.8 Å². The minimum atomic E-state index is 0.168. The number of hydrogen-bond acceptors (Lipinski definition) is 2. The number of aryl methyl sites for hydroxylation is 1. The SMILES string of the molecule is CCNC(=O)CCC/C=C\C[C@H]1CCCC1/C=C/[C@H](CCc1ccccc1)OC. The smallest absolute Gasteiger partial charge is 0.219 e. The lowest BCUT2D eigenvalue weighted by molar-refractivity contribution is -0.121. The Morgan fingerprint density at radius 2 is 2.07 bits per heavy atom. The summed E-state index contributed by atoms with van der Waals surface area (Å²) in [6.07, 6.45) is 19.2. The molecule has 1 saturated carbocycles. The second-order valence-electron chi connectivity index (χ2n) is 8.09. The van der Waals surface area contributed by atoms with Crippen LogP contribution in [-0.4, -0.2) is 25.7 Å². The average Bonchev–Trinajstić information content (AvgIpc) is 3.19. The minimum absolute atomic E-state index is 0.168. The summed E-state index contributed by atoms with van der Waals surface area (Å²) in [5.41, 5.74) is 1.37. The number of benzene rings is 1. The van der Waals surface area contributed by atoms with Crippen LogP contribution in [0.5, 0.6) is 0 Å². The highest BCUT2D eigenvalue weighted by molar-refractivity contribution is 5.75. The average molecular weight is 398 g/mol. The molecule has 3 heteroatoms. The van der Waals surface area contributed by atoms with Crippen molar-refractivity contribution in [3.8, 4) is 0 Å².